The van der Waals surface area contributed by atoms with Crippen molar-refractivity contribution in [3.05, 3.63) is 29.8 Å². The molecule has 3 heteroatoms. The van der Waals surface area contributed by atoms with Gasteiger partial charge in [-0.15, -0.1) is 0 Å². The van der Waals surface area contributed by atoms with Crippen molar-refractivity contribution in [2.75, 3.05) is 19.8 Å². The second kappa shape index (κ2) is 5.87. The summed E-state index contributed by atoms with van der Waals surface area (Å²) in [6.07, 6.45) is 3.20. The Balaban J connectivity index is 1.80. The zero-order valence-electron chi connectivity index (χ0n) is 9.39. The van der Waals surface area contributed by atoms with Crippen molar-refractivity contribution in [3.8, 4) is 5.75 Å². The lowest BCUT2D eigenvalue weighted by molar-refractivity contribution is 0.0679. The van der Waals surface area contributed by atoms with Crippen molar-refractivity contribution in [1.82, 2.24) is 0 Å². The van der Waals surface area contributed by atoms with E-state index in [1.165, 1.54) is 0 Å². The van der Waals surface area contributed by atoms with Gasteiger partial charge in [0.1, 0.15) is 12.4 Å². The van der Waals surface area contributed by atoms with Gasteiger partial charge in [0.05, 0.1) is 6.10 Å². The molecule has 1 aliphatic heterocycles. The van der Waals surface area contributed by atoms with E-state index in [-0.39, 0.29) is 12.7 Å². The van der Waals surface area contributed by atoms with Crippen LogP contribution in [0.1, 0.15) is 18.4 Å². The fourth-order valence-electron chi connectivity index (χ4n) is 1.85. The topological polar surface area (TPSA) is 38.7 Å². The molecule has 0 amide bonds. The van der Waals surface area contributed by atoms with Crippen LogP contribution < -0.4 is 4.74 Å². The molecule has 1 atom stereocenters. The van der Waals surface area contributed by atoms with Crippen LogP contribution in [0.25, 0.3) is 0 Å². The second-order valence-corrected chi connectivity index (χ2v) is 4.06. The Kier molecular flexibility index (Phi) is 4.19. The molecule has 88 valence electrons. The van der Waals surface area contributed by atoms with Crippen LogP contribution in [0.2, 0.25) is 0 Å². The maximum atomic E-state index is 8.79. The molecule has 1 heterocycles. The Morgan fingerprint density at radius 2 is 2.12 bits per heavy atom. The molecule has 1 saturated heterocycles. The number of ether oxygens (including phenoxy) is 2. The molecule has 0 bridgehead atoms. The minimum absolute atomic E-state index is 0.191. The molecular formula is C13H18O3. The number of aliphatic hydroxyl groups excluding tert-OH is 1. The average molecular weight is 222 g/mol. The lowest BCUT2D eigenvalue weighted by Gasteiger charge is -2.11. The summed E-state index contributed by atoms with van der Waals surface area (Å²) in [5.74, 6) is 0.872. The van der Waals surface area contributed by atoms with Gasteiger partial charge in [-0.05, 0) is 37.0 Å². The van der Waals surface area contributed by atoms with Crippen molar-refractivity contribution >= 4 is 0 Å². The minimum atomic E-state index is 0.191. The minimum Gasteiger partial charge on any atom is -0.491 e. The molecule has 0 saturated carbocycles. The first-order valence-electron chi connectivity index (χ1n) is 5.82. The molecule has 0 aliphatic carbocycles. The Labute approximate surface area is 96.0 Å². The van der Waals surface area contributed by atoms with E-state index in [0.717, 1.165) is 30.8 Å². The molecule has 0 radical (unpaired) electrons. The molecule has 0 spiro atoms. The zero-order chi connectivity index (χ0) is 11.2. The van der Waals surface area contributed by atoms with Gasteiger partial charge in [-0.1, -0.05) is 12.1 Å². The highest BCUT2D eigenvalue weighted by atomic mass is 16.5. The van der Waals surface area contributed by atoms with Gasteiger partial charge in [0.25, 0.3) is 0 Å². The molecular weight excluding hydrogens is 204 g/mol. The maximum absolute atomic E-state index is 8.79. The Morgan fingerprint density at radius 3 is 2.75 bits per heavy atom. The summed E-state index contributed by atoms with van der Waals surface area (Å²) in [5.41, 5.74) is 1.13. The average Bonchev–Trinajstić information content (AvgIpc) is 2.82. The molecule has 1 aromatic carbocycles. The third-order valence-corrected chi connectivity index (χ3v) is 2.78. The number of benzene rings is 1. The van der Waals surface area contributed by atoms with Gasteiger partial charge < -0.3 is 14.6 Å². The van der Waals surface area contributed by atoms with Gasteiger partial charge in [0.15, 0.2) is 0 Å². The molecule has 1 unspecified atom stereocenters. The fraction of sp³-hybridized carbons (Fsp3) is 0.538. The molecule has 1 N–H and O–H groups in total. The SMILES string of the molecule is OCCc1ccc(OCC2CCCO2)cc1. The van der Waals surface area contributed by atoms with Crippen molar-refractivity contribution in [2.45, 2.75) is 25.4 Å². The number of aliphatic hydroxyl groups is 1. The van der Waals surface area contributed by atoms with E-state index in [0.29, 0.717) is 13.0 Å². The lowest BCUT2D eigenvalue weighted by Crippen LogP contribution is -2.16. The van der Waals surface area contributed by atoms with Gasteiger partial charge in [0.2, 0.25) is 0 Å². The Hall–Kier alpha value is -1.06. The number of hydrogen-bond donors (Lipinski definition) is 1. The summed E-state index contributed by atoms with van der Waals surface area (Å²) < 4.78 is 11.1. The van der Waals surface area contributed by atoms with Crippen LogP contribution in [0, 0.1) is 0 Å². The van der Waals surface area contributed by atoms with Gasteiger partial charge in [0, 0.05) is 13.2 Å². The van der Waals surface area contributed by atoms with E-state index in [9.17, 15) is 0 Å². The van der Waals surface area contributed by atoms with Gasteiger partial charge in [-0.25, -0.2) is 0 Å². The van der Waals surface area contributed by atoms with E-state index >= 15 is 0 Å². The molecule has 3 nitrogen and oxygen atoms in total. The lowest BCUT2D eigenvalue weighted by atomic mass is 10.1. The van der Waals surface area contributed by atoms with Gasteiger partial charge >= 0.3 is 0 Å². The molecule has 1 fully saturated rings. The Bertz CT molecular complexity index is 301. The first kappa shape index (κ1) is 11.4. The van der Waals surface area contributed by atoms with E-state index in [2.05, 4.69) is 0 Å². The molecule has 1 aromatic rings. The van der Waals surface area contributed by atoms with Crippen molar-refractivity contribution in [2.24, 2.45) is 0 Å². The molecule has 1 aliphatic rings. The summed E-state index contributed by atoms with van der Waals surface area (Å²) in [4.78, 5) is 0. The summed E-state index contributed by atoms with van der Waals surface area (Å²) in [6.45, 7) is 1.69. The quantitative estimate of drug-likeness (QED) is 0.825. The van der Waals surface area contributed by atoms with Gasteiger partial charge in [-0.3, -0.25) is 0 Å². The smallest absolute Gasteiger partial charge is 0.119 e. The molecule has 2 rings (SSSR count). The van der Waals surface area contributed by atoms with Crippen LogP contribution in [0.15, 0.2) is 24.3 Å². The van der Waals surface area contributed by atoms with Crippen LogP contribution in [0.5, 0.6) is 5.75 Å². The van der Waals surface area contributed by atoms with Crippen LogP contribution in [-0.2, 0) is 11.2 Å². The fourth-order valence-corrected chi connectivity index (χ4v) is 1.85. The van der Waals surface area contributed by atoms with Crippen LogP contribution in [0.3, 0.4) is 0 Å². The van der Waals surface area contributed by atoms with Crippen LogP contribution in [0.4, 0.5) is 0 Å². The van der Waals surface area contributed by atoms with Crippen molar-refractivity contribution < 1.29 is 14.6 Å². The maximum Gasteiger partial charge on any atom is 0.119 e. The van der Waals surface area contributed by atoms with E-state index < -0.39 is 0 Å². The highest BCUT2D eigenvalue weighted by molar-refractivity contribution is 5.27. The van der Waals surface area contributed by atoms with Crippen molar-refractivity contribution in [1.29, 1.82) is 0 Å². The monoisotopic (exact) mass is 222 g/mol. The predicted molar refractivity (Wildman–Crippen MR) is 61.7 cm³/mol. The van der Waals surface area contributed by atoms with Crippen LogP contribution in [-0.4, -0.2) is 31.0 Å². The van der Waals surface area contributed by atoms with Crippen molar-refractivity contribution in [3.63, 3.8) is 0 Å². The predicted octanol–water partition coefficient (Wildman–Crippen LogP) is 1.78. The number of rotatable bonds is 5. The highest BCUT2D eigenvalue weighted by Gasteiger charge is 2.15. The third-order valence-electron chi connectivity index (χ3n) is 2.78. The summed E-state index contributed by atoms with van der Waals surface area (Å²) in [6, 6.07) is 7.86. The van der Waals surface area contributed by atoms with E-state index in [1.807, 2.05) is 24.3 Å². The summed E-state index contributed by atoms with van der Waals surface area (Å²) in [7, 11) is 0. The highest BCUT2D eigenvalue weighted by Crippen LogP contribution is 2.16. The van der Waals surface area contributed by atoms with Gasteiger partial charge in [-0.2, -0.15) is 0 Å². The summed E-state index contributed by atoms with van der Waals surface area (Å²) in [5, 5.41) is 8.79. The normalized spacial score (nSPS) is 19.9. The van der Waals surface area contributed by atoms with Crippen LogP contribution >= 0.6 is 0 Å². The summed E-state index contributed by atoms with van der Waals surface area (Å²) >= 11 is 0. The van der Waals surface area contributed by atoms with E-state index in [4.69, 9.17) is 14.6 Å². The first-order chi connectivity index (χ1) is 7.88. The van der Waals surface area contributed by atoms with E-state index in [1.54, 1.807) is 0 Å². The molecule has 0 aromatic heterocycles. The largest absolute Gasteiger partial charge is 0.491 e. The molecule has 16 heavy (non-hydrogen) atoms. The number of hydrogen-bond acceptors (Lipinski definition) is 3. The second-order valence-electron chi connectivity index (χ2n) is 4.06. The third kappa shape index (κ3) is 3.22. The zero-order valence-corrected chi connectivity index (χ0v) is 9.39. The standard InChI is InChI=1S/C13H18O3/c14-8-7-11-3-5-12(6-4-11)16-10-13-2-1-9-15-13/h3-6,13-14H,1-2,7-10H2. The Morgan fingerprint density at radius 1 is 1.31 bits per heavy atom. The first-order valence-corrected chi connectivity index (χ1v) is 5.82.